The van der Waals surface area contributed by atoms with Gasteiger partial charge in [0.1, 0.15) is 0 Å². The third-order valence-corrected chi connectivity index (χ3v) is 4.17. The molecule has 0 bridgehead atoms. The van der Waals surface area contributed by atoms with Crippen molar-refractivity contribution in [2.24, 2.45) is 0 Å². The molecule has 1 saturated heterocycles. The van der Waals surface area contributed by atoms with Gasteiger partial charge in [-0.2, -0.15) is 0 Å². The van der Waals surface area contributed by atoms with Gasteiger partial charge in [-0.25, -0.2) is 0 Å². The standard InChI is InChI=1S/C18H31N3/c1-15(2)19-12-16-7-5-8-17(11-16)13-21-10-6-9-18(21)14-20(3)4/h5,7-8,11,15,18-19H,6,9-10,12-14H2,1-4H3. The van der Waals surface area contributed by atoms with E-state index in [0.29, 0.717) is 6.04 Å². The van der Waals surface area contributed by atoms with Crippen molar-refractivity contribution in [3.63, 3.8) is 0 Å². The normalized spacial score (nSPS) is 19.8. The van der Waals surface area contributed by atoms with Crippen molar-refractivity contribution >= 4 is 0 Å². The number of nitrogens with one attached hydrogen (secondary N) is 1. The maximum Gasteiger partial charge on any atom is 0.0237 e. The zero-order chi connectivity index (χ0) is 15.2. The van der Waals surface area contributed by atoms with Crippen LogP contribution in [0.2, 0.25) is 0 Å². The van der Waals surface area contributed by atoms with E-state index in [1.165, 1.54) is 37.1 Å². The fourth-order valence-electron chi connectivity index (χ4n) is 3.13. The van der Waals surface area contributed by atoms with Crippen molar-refractivity contribution in [1.29, 1.82) is 0 Å². The first kappa shape index (κ1) is 16.5. The third kappa shape index (κ3) is 5.42. The molecular weight excluding hydrogens is 258 g/mol. The topological polar surface area (TPSA) is 18.5 Å². The first-order valence-electron chi connectivity index (χ1n) is 8.24. The summed E-state index contributed by atoms with van der Waals surface area (Å²) in [5.74, 6) is 0. The van der Waals surface area contributed by atoms with Crippen LogP contribution in [-0.4, -0.2) is 49.1 Å². The van der Waals surface area contributed by atoms with Crippen LogP contribution in [0, 0.1) is 0 Å². The molecule has 0 aromatic heterocycles. The highest BCUT2D eigenvalue weighted by molar-refractivity contribution is 5.23. The Kier molecular flexibility index (Phi) is 6.22. The fourth-order valence-corrected chi connectivity index (χ4v) is 3.13. The molecule has 1 heterocycles. The van der Waals surface area contributed by atoms with Gasteiger partial charge in [0.15, 0.2) is 0 Å². The maximum absolute atomic E-state index is 3.50. The summed E-state index contributed by atoms with van der Waals surface area (Å²) >= 11 is 0. The van der Waals surface area contributed by atoms with E-state index in [-0.39, 0.29) is 0 Å². The Hall–Kier alpha value is -0.900. The van der Waals surface area contributed by atoms with E-state index in [9.17, 15) is 0 Å². The second-order valence-corrected chi connectivity index (χ2v) is 6.88. The minimum atomic E-state index is 0.539. The van der Waals surface area contributed by atoms with Gasteiger partial charge >= 0.3 is 0 Å². The zero-order valence-corrected chi connectivity index (χ0v) is 14.1. The van der Waals surface area contributed by atoms with E-state index in [1.54, 1.807) is 0 Å². The van der Waals surface area contributed by atoms with E-state index in [1.807, 2.05) is 0 Å². The lowest BCUT2D eigenvalue weighted by Crippen LogP contribution is -2.37. The number of benzene rings is 1. The first-order valence-corrected chi connectivity index (χ1v) is 8.24. The van der Waals surface area contributed by atoms with Crippen LogP contribution in [0.3, 0.4) is 0 Å². The number of likely N-dealkylation sites (tertiary alicyclic amines) is 1. The van der Waals surface area contributed by atoms with Crippen LogP contribution in [0.25, 0.3) is 0 Å². The van der Waals surface area contributed by atoms with E-state index in [2.05, 4.69) is 67.3 Å². The van der Waals surface area contributed by atoms with Gasteiger partial charge in [-0.1, -0.05) is 38.1 Å². The minimum Gasteiger partial charge on any atom is -0.310 e. The van der Waals surface area contributed by atoms with Crippen molar-refractivity contribution < 1.29 is 0 Å². The average molecular weight is 289 g/mol. The van der Waals surface area contributed by atoms with Crippen LogP contribution in [0.1, 0.15) is 37.8 Å². The summed E-state index contributed by atoms with van der Waals surface area (Å²) in [6, 6.07) is 10.3. The summed E-state index contributed by atoms with van der Waals surface area (Å²) in [5.41, 5.74) is 2.84. The van der Waals surface area contributed by atoms with Crippen LogP contribution in [-0.2, 0) is 13.1 Å². The molecule has 2 rings (SSSR count). The highest BCUT2D eigenvalue weighted by atomic mass is 15.2. The van der Waals surface area contributed by atoms with Gasteiger partial charge in [-0.15, -0.1) is 0 Å². The van der Waals surface area contributed by atoms with Gasteiger partial charge in [0.05, 0.1) is 0 Å². The molecule has 1 aromatic rings. The van der Waals surface area contributed by atoms with Crippen molar-refractivity contribution in [2.75, 3.05) is 27.2 Å². The lowest BCUT2D eigenvalue weighted by Gasteiger charge is -2.27. The third-order valence-electron chi connectivity index (χ3n) is 4.17. The van der Waals surface area contributed by atoms with E-state index in [4.69, 9.17) is 0 Å². The predicted octanol–water partition coefficient (Wildman–Crippen LogP) is 2.71. The molecule has 0 aliphatic carbocycles. The van der Waals surface area contributed by atoms with Gasteiger partial charge in [-0.05, 0) is 44.6 Å². The quantitative estimate of drug-likeness (QED) is 0.832. The van der Waals surface area contributed by atoms with Crippen molar-refractivity contribution in [2.45, 2.75) is 51.9 Å². The molecule has 1 atom stereocenters. The van der Waals surface area contributed by atoms with Gasteiger partial charge in [-0.3, -0.25) is 4.90 Å². The summed E-state index contributed by atoms with van der Waals surface area (Å²) in [6.45, 7) is 8.86. The molecule has 1 unspecified atom stereocenters. The highest BCUT2D eigenvalue weighted by Gasteiger charge is 2.24. The fraction of sp³-hybridized carbons (Fsp3) is 0.667. The van der Waals surface area contributed by atoms with Crippen LogP contribution < -0.4 is 5.32 Å². The largest absolute Gasteiger partial charge is 0.310 e. The summed E-state index contributed by atoms with van der Waals surface area (Å²) in [7, 11) is 4.35. The molecule has 0 amide bonds. The second kappa shape index (κ2) is 7.92. The number of rotatable bonds is 7. The molecule has 0 spiro atoms. The Morgan fingerprint density at radius 2 is 2.05 bits per heavy atom. The lowest BCUT2D eigenvalue weighted by molar-refractivity contribution is 0.201. The van der Waals surface area contributed by atoms with E-state index >= 15 is 0 Å². The zero-order valence-electron chi connectivity index (χ0n) is 14.1. The number of hydrogen-bond acceptors (Lipinski definition) is 3. The summed E-state index contributed by atoms with van der Waals surface area (Å²) < 4.78 is 0. The molecule has 3 heteroatoms. The SMILES string of the molecule is CC(C)NCc1cccc(CN2CCCC2CN(C)C)c1. The molecule has 118 valence electrons. The summed E-state index contributed by atoms with van der Waals surface area (Å²) in [5, 5.41) is 3.50. The Morgan fingerprint density at radius 1 is 1.29 bits per heavy atom. The molecule has 0 radical (unpaired) electrons. The van der Waals surface area contributed by atoms with Crippen molar-refractivity contribution in [1.82, 2.24) is 15.1 Å². The molecular formula is C18H31N3. The summed E-state index contributed by atoms with van der Waals surface area (Å²) in [6.07, 6.45) is 2.68. The van der Waals surface area contributed by atoms with Crippen molar-refractivity contribution in [3.8, 4) is 0 Å². The second-order valence-electron chi connectivity index (χ2n) is 6.88. The van der Waals surface area contributed by atoms with Gasteiger partial charge in [0, 0.05) is 31.7 Å². The predicted molar refractivity (Wildman–Crippen MR) is 90.4 cm³/mol. The van der Waals surface area contributed by atoms with E-state index in [0.717, 1.165) is 19.1 Å². The van der Waals surface area contributed by atoms with Crippen LogP contribution >= 0.6 is 0 Å². The molecule has 0 saturated carbocycles. The summed E-state index contributed by atoms with van der Waals surface area (Å²) in [4.78, 5) is 4.96. The van der Waals surface area contributed by atoms with Gasteiger partial charge in [0.25, 0.3) is 0 Å². The first-order chi connectivity index (χ1) is 10.0. The van der Waals surface area contributed by atoms with Crippen molar-refractivity contribution in [3.05, 3.63) is 35.4 Å². The maximum atomic E-state index is 3.50. The minimum absolute atomic E-state index is 0.539. The highest BCUT2D eigenvalue weighted by Crippen LogP contribution is 2.21. The van der Waals surface area contributed by atoms with Gasteiger partial charge < -0.3 is 10.2 Å². The van der Waals surface area contributed by atoms with Crippen LogP contribution in [0.4, 0.5) is 0 Å². The van der Waals surface area contributed by atoms with Gasteiger partial charge in [0.2, 0.25) is 0 Å². The molecule has 1 aromatic carbocycles. The Balaban J connectivity index is 1.94. The molecule has 3 nitrogen and oxygen atoms in total. The smallest absolute Gasteiger partial charge is 0.0237 e. The monoisotopic (exact) mass is 289 g/mol. The Labute approximate surface area is 130 Å². The molecule has 21 heavy (non-hydrogen) atoms. The number of nitrogens with zero attached hydrogens (tertiary/aromatic N) is 2. The van der Waals surface area contributed by atoms with E-state index < -0.39 is 0 Å². The molecule has 1 aliphatic heterocycles. The average Bonchev–Trinajstić information content (AvgIpc) is 2.83. The Bertz CT molecular complexity index is 428. The Morgan fingerprint density at radius 3 is 2.76 bits per heavy atom. The van der Waals surface area contributed by atoms with Crippen LogP contribution in [0.15, 0.2) is 24.3 Å². The number of hydrogen-bond donors (Lipinski definition) is 1. The lowest BCUT2D eigenvalue weighted by atomic mass is 10.1. The molecule has 1 N–H and O–H groups in total. The number of likely N-dealkylation sites (N-methyl/N-ethyl adjacent to an activating group) is 1. The molecule has 1 aliphatic rings. The van der Waals surface area contributed by atoms with Crippen LogP contribution in [0.5, 0.6) is 0 Å². The molecule has 1 fully saturated rings.